The zero-order chi connectivity index (χ0) is 15.3. The molecule has 0 N–H and O–H groups in total. The molecule has 0 atom stereocenters. The Bertz CT molecular complexity index is 382. The third-order valence-electron chi connectivity index (χ3n) is 1.80. The summed E-state index contributed by atoms with van der Waals surface area (Å²) in [5, 5.41) is 0. The maximum absolute atomic E-state index is 5.57. The molecule has 0 bridgehead atoms. The molecule has 0 spiro atoms. The van der Waals surface area contributed by atoms with Crippen molar-refractivity contribution in [1.29, 1.82) is 0 Å². The Balaban J connectivity index is 0. The molecule has 0 amide bonds. The lowest BCUT2D eigenvalue weighted by atomic mass is 10.3. The molecule has 106 valence electrons. The topological polar surface area (TPSA) is 18.5 Å². The van der Waals surface area contributed by atoms with Gasteiger partial charge in [0.25, 0.3) is 0 Å². The molecule has 2 nitrogen and oxygen atoms in total. The van der Waals surface area contributed by atoms with Crippen LogP contribution in [-0.4, -0.2) is 0 Å². The lowest BCUT2D eigenvalue weighted by molar-refractivity contribution is 0.209. The summed E-state index contributed by atoms with van der Waals surface area (Å²) >= 11 is 0. The van der Waals surface area contributed by atoms with E-state index < -0.39 is 0 Å². The molecule has 0 aromatic carbocycles. The third-order valence-corrected chi connectivity index (χ3v) is 1.80. The van der Waals surface area contributed by atoms with Crippen LogP contribution in [0, 0.1) is 0 Å². The molecule has 0 aromatic heterocycles. The fraction of sp³-hybridized carbons (Fsp3) is 0.294. The molecule has 0 saturated carbocycles. The van der Waals surface area contributed by atoms with Crippen LogP contribution in [0.15, 0.2) is 73.2 Å². The Hall–Kier alpha value is -1.96. The summed E-state index contributed by atoms with van der Waals surface area (Å²) in [6.45, 7) is 20.8. The van der Waals surface area contributed by atoms with Gasteiger partial charge < -0.3 is 9.47 Å². The summed E-state index contributed by atoms with van der Waals surface area (Å²) in [7, 11) is 0. The molecule has 0 radical (unpaired) electrons. The molecule has 1 heterocycles. The molecular weight excluding hydrogens is 236 g/mol. The standard InChI is InChI=1S/C13H14O2.2C2H6/c1-5-9-13-12(8-4)14-10(6-2)11(7-3)15-13;2*1-2/h5-9H,2-4H2,1H3;2*1-2H3/b9-5-;;. The van der Waals surface area contributed by atoms with Crippen molar-refractivity contribution >= 4 is 0 Å². The Morgan fingerprint density at radius 2 is 1.00 bits per heavy atom. The number of hydrogen-bond donors (Lipinski definition) is 0. The average molecular weight is 262 g/mol. The van der Waals surface area contributed by atoms with E-state index in [9.17, 15) is 0 Å². The zero-order valence-electron chi connectivity index (χ0n) is 12.8. The van der Waals surface area contributed by atoms with Gasteiger partial charge in [0.2, 0.25) is 0 Å². The van der Waals surface area contributed by atoms with Crippen LogP contribution in [0.25, 0.3) is 0 Å². The summed E-state index contributed by atoms with van der Waals surface area (Å²) in [6, 6.07) is 0. The van der Waals surface area contributed by atoms with Gasteiger partial charge >= 0.3 is 0 Å². The van der Waals surface area contributed by atoms with Crippen LogP contribution in [0.3, 0.4) is 0 Å². The minimum absolute atomic E-state index is 0.549. The lowest BCUT2D eigenvalue weighted by Crippen LogP contribution is -2.06. The third kappa shape index (κ3) is 5.96. The highest BCUT2D eigenvalue weighted by Gasteiger charge is 2.17. The minimum atomic E-state index is 0.549. The first-order valence-electron chi connectivity index (χ1n) is 6.61. The van der Waals surface area contributed by atoms with Crippen molar-refractivity contribution in [1.82, 2.24) is 0 Å². The van der Waals surface area contributed by atoms with Crippen molar-refractivity contribution in [3.63, 3.8) is 0 Å². The Morgan fingerprint density at radius 3 is 1.32 bits per heavy atom. The van der Waals surface area contributed by atoms with Crippen LogP contribution in [0.1, 0.15) is 34.6 Å². The second-order valence-corrected chi connectivity index (χ2v) is 2.77. The van der Waals surface area contributed by atoms with Gasteiger partial charge in [-0.1, -0.05) is 53.5 Å². The van der Waals surface area contributed by atoms with E-state index in [4.69, 9.17) is 9.47 Å². The highest BCUT2D eigenvalue weighted by atomic mass is 16.6. The maximum Gasteiger partial charge on any atom is 0.169 e. The van der Waals surface area contributed by atoms with E-state index in [0.717, 1.165) is 0 Å². The number of hydrogen-bond acceptors (Lipinski definition) is 2. The van der Waals surface area contributed by atoms with E-state index in [-0.39, 0.29) is 0 Å². The first kappa shape index (κ1) is 19.4. The van der Waals surface area contributed by atoms with Crippen LogP contribution in [0.4, 0.5) is 0 Å². The monoisotopic (exact) mass is 262 g/mol. The van der Waals surface area contributed by atoms with E-state index in [1.165, 1.54) is 0 Å². The van der Waals surface area contributed by atoms with Gasteiger partial charge in [0.05, 0.1) is 0 Å². The van der Waals surface area contributed by atoms with Crippen molar-refractivity contribution in [3.05, 3.63) is 73.2 Å². The predicted octanol–water partition coefficient (Wildman–Crippen LogP) is 5.64. The van der Waals surface area contributed by atoms with E-state index in [2.05, 4.69) is 19.7 Å². The average Bonchev–Trinajstić information content (AvgIpc) is 2.51. The van der Waals surface area contributed by atoms with Crippen LogP contribution < -0.4 is 0 Å². The normalized spacial score (nSPS) is 13.3. The number of ether oxygens (including phenoxy) is 2. The highest BCUT2D eigenvalue weighted by Crippen LogP contribution is 2.27. The zero-order valence-corrected chi connectivity index (χ0v) is 12.8. The molecule has 0 fully saturated rings. The quantitative estimate of drug-likeness (QED) is 0.652. The fourth-order valence-electron chi connectivity index (χ4n) is 1.13. The van der Waals surface area contributed by atoms with Crippen LogP contribution in [0.2, 0.25) is 0 Å². The summed E-state index contributed by atoms with van der Waals surface area (Å²) in [5.74, 6) is 2.30. The van der Waals surface area contributed by atoms with E-state index in [1.807, 2.05) is 40.7 Å². The van der Waals surface area contributed by atoms with Gasteiger partial charge in [-0.2, -0.15) is 0 Å². The van der Waals surface area contributed by atoms with Crippen LogP contribution >= 0.6 is 0 Å². The number of rotatable bonds is 4. The number of allylic oxidation sites excluding steroid dienone is 5. The van der Waals surface area contributed by atoms with Crippen LogP contribution in [0.5, 0.6) is 0 Å². The van der Waals surface area contributed by atoms with E-state index >= 15 is 0 Å². The molecule has 1 aliphatic rings. The van der Waals surface area contributed by atoms with Crippen molar-refractivity contribution in [2.24, 2.45) is 0 Å². The summed E-state index contributed by atoms with van der Waals surface area (Å²) < 4.78 is 11.1. The Kier molecular flexibility index (Phi) is 12.7. The first-order chi connectivity index (χ1) is 9.26. The van der Waals surface area contributed by atoms with E-state index in [0.29, 0.717) is 23.0 Å². The summed E-state index contributed by atoms with van der Waals surface area (Å²) in [6.07, 6.45) is 8.42. The van der Waals surface area contributed by atoms with Crippen molar-refractivity contribution in [2.75, 3.05) is 0 Å². The minimum Gasteiger partial charge on any atom is -0.450 e. The highest BCUT2D eigenvalue weighted by molar-refractivity contribution is 5.35. The molecular formula is C17H26O2. The molecule has 0 unspecified atom stereocenters. The molecule has 19 heavy (non-hydrogen) atoms. The van der Waals surface area contributed by atoms with Crippen molar-refractivity contribution in [3.8, 4) is 0 Å². The molecule has 1 aliphatic heterocycles. The Morgan fingerprint density at radius 1 is 0.684 bits per heavy atom. The predicted molar refractivity (Wildman–Crippen MR) is 84.3 cm³/mol. The van der Waals surface area contributed by atoms with Gasteiger partial charge in [0, 0.05) is 0 Å². The SMILES string of the molecule is C=CC1=C(C=C)OC(/C=C\C)=C(C=C)O1.CC.CC. The molecule has 0 aliphatic carbocycles. The van der Waals surface area contributed by atoms with Crippen molar-refractivity contribution in [2.45, 2.75) is 34.6 Å². The second kappa shape index (κ2) is 12.5. The van der Waals surface area contributed by atoms with Gasteiger partial charge in [-0.3, -0.25) is 0 Å². The summed E-state index contributed by atoms with van der Waals surface area (Å²) in [4.78, 5) is 0. The van der Waals surface area contributed by atoms with Gasteiger partial charge in [-0.05, 0) is 31.2 Å². The lowest BCUT2D eigenvalue weighted by Gasteiger charge is -2.20. The molecule has 0 saturated heterocycles. The second-order valence-electron chi connectivity index (χ2n) is 2.77. The first-order valence-corrected chi connectivity index (χ1v) is 6.61. The summed E-state index contributed by atoms with van der Waals surface area (Å²) in [5.41, 5.74) is 0. The van der Waals surface area contributed by atoms with Crippen LogP contribution in [-0.2, 0) is 9.47 Å². The van der Waals surface area contributed by atoms with Gasteiger partial charge in [-0.25, -0.2) is 0 Å². The molecule has 2 heteroatoms. The molecule has 0 aromatic rings. The Labute approximate surface area is 118 Å². The van der Waals surface area contributed by atoms with Gasteiger partial charge in [0.15, 0.2) is 23.0 Å². The van der Waals surface area contributed by atoms with Crippen molar-refractivity contribution < 1.29 is 9.47 Å². The fourth-order valence-corrected chi connectivity index (χ4v) is 1.13. The molecule has 1 rings (SSSR count). The van der Waals surface area contributed by atoms with E-state index in [1.54, 1.807) is 24.3 Å². The largest absolute Gasteiger partial charge is 0.450 e. The van der Waals surface area contributed by atoms with Gasteiger partial charge in [-0.15, -0.1) is 0 Å². The van der Waals surface area contributed by atoms with Gasteiger partial charge in [0.1, 0.15) is 0 Å². The smallest absolute Gasteiger partial charge is 0.169 e. The maximum atomic E-state index is 5.57.